The lowest BCUT2D eigenvalue weighted by Crippen LogP contribution is -2.62. The predicted molar refractivity (Wildman–Crippen MR) is 68.3 cm³/mol. The monoisotopic (exact) mass is 256 g/mol. The van der Waals surface area contributed by atoms with Gasteiger partial charge in [-0.3, -0.25) is 0 Å². The Balaban J connectivity index is 1.84. The third-order valence-corrected chi connectivity index (χ3v) is 3.61. The van der Waals surface area contributed by atoms with Crippen LogP contribution in [0.15, 0.2) is 0 Å². The fraction of sp³-hybridized carbons (Fsp3) is 0.923. The van der Waals surface area contributed by atoms with Gasteiger partial charge in [0.25, 0.3) is 0 Å². The summed E-state index contributed by atoms with van der Waals surface area (Å²) in [6, 6.07) is 0. The Hall–Kier alpha value is -0.810. The molecule has 0 bridgehead atoms. The molecule has 1 spiro atoms. The Morgan fingerprint density at radius 3 is 2.72 bits per heavy atom. The molecule has 5 heteroatoms. The van der Waals surface area contributed by atoms with Crippen LogP contribution in [0.25, 0.3) is 0 Å². The molecule has 2 aliphatic heterocycles. The second-order valence-corrected chi connectivity index (χ2v) is 6.52. The molecule has 0 radical (unpaired) electrons. The zero-order valence-corrected chi connectivity index (χ0v) is 11.6. The molecule has 0 aromatic rings. The summed E-state index contributed by atoms with van der Waals surface area (Å²) in [4.78, 5) is 13.6. The molecule has 5 nitrogen and oxygen atoms in total. The van der Waals surface area contributed by atoms with Gasteiger partial charge in [0, 0.05) is 31.7 Å². The zero-order chi connectivity index (χ0) is 13.4. The Labute approximate surface area is 109 Å². The minimum Gasteiger partial charge on any atom is -0.444 e. The molecule has 2 rings (SSSR count). The van der Waals surface area contributed by atoms with Crippen LogP contribution in [-0.2, 0) is 9.47 Å². The highest BCUT2D eigenvalue weighted by atomic mass is 16.6. The molecule has 1 unspecified atom stereocenters. The van der Waals surface area contributed by atoms with Gasteiger partial charge in [-0.15, -0.1) is 0 Å². The van der Waals surface area contributed by atoms with E-state index in [1.165, 1.54) is 0 Å². The summed E-state index contributed by atoms with van der Waals surface area (Å²) in [6.07, 6.45) is 1.93. The molecule has 0 aromatic carbocycles. The van der Waals surface area contributed by atoms with Gasteiger partial charge >= 0.3 is 6.09 Å². The summed E-state index contributed by atoms with van der Waals surface area (Å²) < 4.78 is 10.9. The van der Waals surface area contributed by atoms with E-state index >= 15 is 0 Å². The van der Waals surface area contributed by atoms with Crippen LogP contribution in [0.5, 0.6) is 0 Å². The normalized spacial score (nSPS) is 26.9. The average molecular weight is 256 g/mol. The number of amides is 1. The van der Waals surface area contributed by atoms with Gasteiger partial charge in [0.05, 0.1) is 6.10 Å². The van der Waals surface area contributed by atoms with E-state index in [9.17, 15) is 4.79 Å². The summed E-state index contributed by atoms with van der Waals surface area (Å²) in [6.45, 7) is 8.54. The molecule has 18 heavy (non-hydrogen) atoms. The van der Waals surface area contributed by atoms with Crippen molar-refractivity contribution in [1.82, 2.24) is 4.90 Å². The maximum absolute atomic E-state index is 11.9. The Kier molecular flexibility index (Phi) is 3.56. The van der Waals surface area contributed by atoms with Crippen molar-refractivity contribution >= 4 is 6.09 Å². The topological polar surface area (TPSA) is 64.8 Å². The molecular weight excluding hydrogens is 232 g/mol. The van der Waals surface area contributed by atoms with Crippen molar-refractivity contribution < 1.29 is 14.3 Å². The van der Waals surface area contributed by atoms with E-state index in [1.807, 2.05) is 20.8 Å². The second kappa shape index (κ2) is 4.70. The number of likely N-dealkylation sites (tertiary alicyclic amines) is 1. The molecule has 0 saturated carbocycles. The van der Waals surface area contributed by atoms with E-state index < -0.39 is 5.60 Å². The van der Waals surface area contributed by atoms with Crippen LogP contribution in [0.2, 0.25) is 0 Å². The van der Waals surface area contributed by atoms with E-state index in [4.69, 9.17) is 15.2 Å². The van der Waals surface area contributed by atoms with Crippen molar-refractivity contribution in [1.29, 1.82) is 0 Å². The molecule has 2 fully saturated rings. The molecule has 0 aromatic heterocycles. The lowest BCUT2D eigenvalue weighted by Gasteiger charge is -2.53. The van der Waals surface area contributed by atoms with Crippen LogP contribution in [0.3, 0.4) is 0 Å². The fourth-order valence-electron chi connectivity index (χ4n) is 2.74. The quantitative estimate of drug-likeness (QED) is 0.769. The van der Waals surface area contributed by atoms with E-state index in [1.54, 1.807) is 4.90 Å². The lowest BCUT2D eigenvalue weighted by molar-refractivity contribution is -0.111. The van der Waals surface area contributed by atoms with Crippen LogP contribution < -0.4 is 5.73 Å². The number of carbonyl (C=O) groups excluding carboxylic acids is 1. The zero-order valence-electron chi connectivity index (χ0n) is 11.6. The van der Waals surface area contributed by atoms with Crippen molar-refractivity contribution in [2.45, 2.75) is 45.3 Å². The largest absolute Gasteiger partial charge is 0.444 e. The van der Waals surface area contributed by atoms with Crippen molar-refractivity contribution in [3.63, 3.8) is 0 Å². The molecule has 0 aliphatic carbocycles. The van der Waals surface area contributed by atoms with Crippen LogP contribution >= 0.6 is 0 Å². The first-order chi connectivity index (χ1) is 8.34. The van der Waals surface area contributed by atoms with E-state index in [0.29, 0.717) is 6.54 Å². The van der Waals surface area contributed by atoms with Crippen molar-refractivity contribution in [3.05, 3.63) is 0 Å². The molecule has 1 amide bonds. The molecule has 2 heterocycles. The maximum atomic E-state index is 11.9. The summed E-state index contributed by atoms with van der Waals surface area (Å²) >= 11 is 0. The minimum absolute atomic E-state index is 0.152. The summed E-state index contributed by atoms with van der Waals surface area (Å²) in [5, 5.41) is 0. The molecule has 2 N–H and O–H groups in total. The Morgan fingerprint density at radius 2 is 2.17 bits per heavy atom. The number of hydrogen-bond acceptors (Lipinski definition) is 4. The Morgan fingerprint density at radius 1 is 1.50 bits per heavy atom. The van der Waals surface area contributed by atoms with Gasteiger partial charge in [0.15, 0.2) is 0 Å². The molecule has 1 atom stereocenters. The first-order valence-corrected chi connectivity index (χ1v) is 6.63. The van der Waals surface area contributed by atoms with Gasteiger partial charge < -0.3 is 20.1 Å². The fourth-order valence-corrected chi connectivity index (χ4v) is 2.74. The standard InChI is InChI=1S/C13H24N2O3/c1-12(2,3)18-11(16)15-8-13(9-15)4-5-17-10(6-13)7-14/h10H,4-9,14H2,1-3H3. The third-order valence-electron chi connectivity index (χ3n) is 3.61. The van der Waals surface area contributed by atoms with Gasteiger partial charge in [-0.25, -0.2) is 4.79 Å². The highest BCUT2D eigenvalue weighted by Gasteiger charge is 2.48. The SMILES string of the molecule is CC(C)(C)OC(=O)N1CC2(CCOC(CN)C2)C1. The van der Waals surface area contributed by atoms with Crippen LogP contribution in [-0.4, -0.2) is 48.9 Å². The molecule has 2 aliphatic rings. The van der Waals surface area contributed by atoms with Crippen LogP contribution in [0.1, 0.15) is 33.6 Å². The van der Waals surface area contributed by atoms with Crippen molar-refractivity contribution in [3.8, 4) is 0 Å². The third kappa shape index (κ3) is 2.95. The molecule has 2 saturated heterocycles. The first kappa shape index (κ1) is 13.6. The highest BCUT2D eigenvalue weighted by Crippen LogP contribution is 2.42. The number of ether oxygens (including phenoxy) is 2. The average Bonchev–Trinajstić information content (AvgIpc) is 2.23. The first-order valence-electron chi connectivity index (χ1n) is 6.63. The number of rotatable bonds is 1. The van der Waals surface area contributed by atoms with E-state index in [-0.39, 0.29) is 17.6 Å². The number of hydrogen-bond donors (Lipinski definition) is 1. The van der Waals surface area contributed by atoms with Crippen molar-refractivity contribution in [2.75, 3.05) is 26.2 Å². The molecular formula is C13H24N2O3. The van der Waals surface area contributed by atoms with E-state index in [2.05, 4.69) is 0 Å². The smallest absolute Gasteiger partial charge is 0.410 e. The maximum Gasteiger partial charge on any atom is 0.410 e. The number of carbonyl (C=O) groups is 1. The highest BCUT2D eigenvalue weighted by molar-refractivity contribution is 5.69. The van der Waals surface area contributed by atoms with Gasteiger partial charge in [-0.2, -0.15) is 0 Å². The Bertz CT molecular complexity index is 319. The second-order valence-electron chi connectivity index (χ2n) is 6.52. The van der Waals surface area contributed by atoms with Gasteiger partial charge in [-0.05, 0) is 33.6 Å². The number of nitrogens with zero attached hydrogens (tertiary/aromatic N) is 1. The van der Waals surface area contributed by atoms with Gasteiger partial charge in [-0.1, -0.05) is 0 Å². The minimum atomic E-state index is -0.421. The van der Waals surface area contributed by atoms with Gasteiger partial charge in [0.1, 0.15) is 5.60 Å². The number of nitrogens with two attached hydrogens (primary N) is 1. The van der Waals surface area contributed by atoms with Gasteiger partial charge in [0.2, 0.25) is 0 Å². The van der Waals surface area contributed by atoms with Crippen LogP contribution in [0.4, 0.5) is 4.79 Å². The van der Waals surface area contributed by atoms with E-state index in [0.717, 1.165) is 32.5 Å². The molecule has 104 valence electrons. The summed E-state index contributed by atoms with van der Waals surface area (Å²) in [5.41, 5.74) is 5.45. The summed E-state index contributed by atoms with van der Waals surface area (Å²) in [7, 11) is 0. The predicted octanol–water partition coefficient (Wildman–Crippen LogP) is 1.36. The van der Waals surface area contributed by atoms with Crippen molar-refractivity contribution in [2.24, 2.45) is 11.1 Å². The lowest BCUT2D eigenvalue weighted by atomic mass is 9.71. The van der Waals surface area contributed by atoms with Crippen LogP contribution in [0, 0.1) is 5.41 Å². The summed E-state index contributed by atoms with van der Waals surface area (Å²) in [5.74, 6) is 0.